The van der Waals surface area contributed by atoms with E-state index in [1.807, 2.05) is 6.92 Å². The average Bonchev–Trinajstić information content (AvgIpc) is 3.48. The van der Waals surface area contributed by atoms with Crippen molar-refractivity contribution in [2.75, 3.05) is 36.5 Å². The second-order valence-corrected chi connectivity index (χ2v) is 11.7. The molecule has 2 aliphatic rings. The Kier molecular flexibility index (Phi) is 8.76. The smallest absolute Gasteiger partial charge is 0.416 e. The summed E-state index contributed by atoms with van der Waals surface area (Å²) in [6.07, 6.45) is -6.94. The summed E-state index contributed by atoms with van der Waals surface area (Å²) in [6.45, 7) is 7.59. The van der Waals surface area contributed by atoms with Gasteiger partial charge in [-0.15, -0.1) is 0 Å². The van der Waals surface area contributed by atoms with Crippen molar-refractivity contribution < 1.29 is 40.7 Å². The molecule has 2 saturated heterocycles. The summed E-state index contributed by atoms with van der Waals surface area (Å²) in [5, 5.41) is 0. The summed E-state index contributed by atoms with van der Waals surface area (Å²) in [4.78, 5) is 40.2. The number of hydrogen-bond acceptors (Lipinski definition) is 6. The lowest BCUT2D eigenvalue weighted by Crippen LogP contribution is -2.42. The average molecular weight is 617 g/mol. The van der Waals surface area contributed by atoms with Crippen molar-refractivity contribution in [3.8, 4) is 0 Å². The normalized spacial score (nSPS) is 19.8. The fourth-order valence-electron chi connectivity index (χ4n) is 5.21. The minimum absolute atomic E-state index is 0.0283. The van der Waals surface area contributed by atoms with Crippen molar-refractivity contribution in [2.24, 2.45) is 0 Å². The number of likely N-dealkylation sites (N-methyl/N-ethyl adjacent to an activating group) is 1. The lowest BCUT2D eigenvalue weighted by Gasteiger charge is -2.30. The number of carbonyl (C=O) groups is 2. The van der Waals surface area contributed by atoms with Crippen LogP contribution in [0.2, 0.25) is 0 Å². The molecule has 15 heteroatoms. The molecule has 3 heterocycles. The second kappa shape index (κ2) is 11.7. The third-order valence-electron chi connectivity index (χ3n) is 7.34. The SMILES string of the molecule is CCC1C[C@H](N(Cc2cc(C(F)(F)F)cc(C(F)(F)F)c2)c2ncc(N3CCN(C)C3=O)cn2)CN1C(=O)OC(C)(C)C. The van der Waals surface area contributed by atoms with Crippen LogP contribution in [0.5, 0.6) is 0 Å². The van der Waals surface area contributed by atoms with Gasteiger partial charge in [-0.25, -0.2) is 19.6 Å². The van der Waals surface area contributed by atoms with Gasteiger partial charge in [0.2, 0.25) is 5.95 Å². The third-order valence-corrected chi connectivity index (χ3v) is 7.34. The first-order valence-corrected chi connectivity index (χ1v) is 13.8. The number of benzene rings is 1. The number of rotatable bonds is 6. The first kappa shape index (κ1) is 32.1. The van der Waals surface area contributed by atoms with Crippen LogP contribution in [-0.2, 0) is 23.6 Å². The number of anilines is 2. The summed E-state index contributed by atoms with van der Waals surface area (Å²) in [5.74, 6) is 0.0283. The molecule has 1 aromatic heterocycles. The highest BCUT2D eigenvalue weighted by Crippen LogP contribution is 2.37. The maximum Gasteiger partial charge on any atom is 0.416 e. The third kappa shape index (κ3) is 7.42. The Morgan fingerprint density at radius 1 is 1.00 bits per heavy atom. The number of urea groups is 1. The zero-order valence-electron chi connectivity index (χ0n) is 24.5. The lowest BCUT2D eigenvalue weighted by molar-refractivity contribution is -0.143. The van der Waals surface area contributed by atoms with E-state index in [0.29, 0.717) is 43.8 Å². The molecule has 0 bridgehead atoms. The molecule has 0 radical (unpaired) electrons. The van der Waals surface area contributed by atoms with E-state index in [1.54, 1.807) is 27.8 Å². The van der Waals surface area contributed by atoms with Crippen LogP contribution in [0.3, 0.4) is 0 Å². The Hall–Kier alpha value is -3.78. The first-order valence-electron chi connectivity index (χ1n) is 13.8. The van der Waals surface area contributed by atoms with Crippen LogP contribution in [0, 0.1) is 0 Å². The summed E-state index contributed by atoms with van der Waals surface area (Å²) >= 11 is 0. The van der Waals surface area contributed by atoms with Crippen LogP contribution < -0.4 is 9.80 Å². The van der Waals surface area contributed by atoms with E-state index in [2.05, 4.69) is 9.97 Å². The quantitative estimate of drug-likeness (QED) is 0.361. The van der Waals surface area contributed by atoms with E-state index in [4.69, 9.17) is 4.74 Å². The summed E-state index contributed by atoms with van der Waals surface area (Å²) < 4.78 is 87.3. The van der Waals surface area contributed by atoms with Crippen molar-refractivity contribution >= 4 is 23.8 Å². The molecule has 0 aliphatic carbocycles. The van der Waals surface area contributed by atoms with Crippen molar-refractivity contribution in [3.63, 3.8) is 0 Å². The molecule has 2 aromatic rings. The van der Waals surface area contributed by atoms with Crippen LogP contribution in [0.15, 0.2) is 30.6 Å². The van der Waals surface area contributed by atoms with Gasteiger partial charge in [0.05, 0.1) is 35.2 Å². The predicted octanol–water partition coefficient (Wildman–Crippen LogP) is 6.18. The highest BCUT2D eigenvalue weighted by molar-refractivity contribution is 5.93. The topological polar surface area (TPSA) is 82.1 Å². The van der Waals surface area contributed by atoms with Gasteiger partial charge in [-0.2, -0.15) is 26.3 Å². The van der Waals surface area contributed by atoms with E-state index in [9.17, 15) is 35.9 Å². The van der Waals surface area contributed by atoms with Crippen LogP contribution in [-0.4, -0.2) is 76.3 Å². The van der Waals surface area contributed by atoms with Crippen LogP contribution in [0.1, 0.15) is 57.2 Å². The number of nitrogens with zero attached hydrogens (tertiary/aromatic N) is 6. The number of carbonyl (C=O) groups excluding carboxylic acids is 2. The number of halogens is 6. The molecule has 2 aliphatic heterocycles. The van der Waals surface area contributed by atoms with Crippen LogP contribution >= 0.6 is 0 Å². The zero-order chi connectivity index (χ0) is 31.9. The van der Waals surface area contributed by atoms with Gasteiger partial charge in [-0.1, -0.05) is 6.92 Å². The molecule has 1 aromatic carbocycles. The van der Waals surface area contributed by atoms with Crippen LogP contribution in [0.4, 0.5) is 47.6 Å². The fraction of sp³-hybridized carbons (Fsp3) is 0.571. The second-order valence-electron chi connectivity index (χ2n) is 11.7. The minimum atomic E-state index is -5.01. The van der Waals surface area contributed by atoms with Gasteiger partial charge in [0.25, 0.3) is 0 Å². The van der Waals surface area contributed by atoms with Gasteiger partial charge < -0.3 is 19.4 Å². The van der Waals surface area contributed by atoms with Gasteiger partial charge >= 0.3 is 24.5 Å². The van der Waals surface area contributed by atoms with Crippen molar-refractivity contribution in [1.82, 2.24) is 19.8 Å². The first-order chi connectivity index (χ1) is 19.9. The Morgan fingerprint density at radius 2 is 1.58 bits per heavy atom. The minimum Gasteiger partial charge on any atom is -0.444 e. The number of hydrogen-bond donors (Lipinski definition) is 0. The Morgan fingerprint density at radius 3 is 2.05 bits per heavy atom. The molecule has 9 nitrogen and oxygen atoms in total. The molecule has 236 valence electrons. The fourth-order valence-corrected chi connectivity index (χ4v) is 5.21. The van der Waals surface area contributed by atoms with Gasteiger partial charge in [-0.3, -0.25) is 4.90 Å². The number of aromatic nitrogens is 2. The van der Waals surface area contributed by atoms with E-state index in [-0.39, 0.29) is 36.2 Å². The predicted molar refractivity (Wildman–Crippen MR) is 145 cm³/mol. The van der Waals surface area contributed by atoms with Crippen molar-refractivity contribution in [2.45, 2.75) is 77.1 Å². The zero-order valence-corrected chi connectivity index (χ0v) is 24.5. The Labute approximate surface area is 245 Å². The van der Waals surface area contributed by atoms with Crippen molar-refractivity contribution in [1.29, 1.82) is 0 Å². The molecule has 2 atom stereocenters. The van der Waals surface area contributed by atoms with E-state index < -0.39 is 47.8 Å². The molecule has 0 N–H and O–H groups in total. The van der Waals surface area contributed by atoms with Gasteiger partial charge in [0.1, 0.15) is 5.60 Å². The number of alkyl halides is 6. The molecule has 43 heavy (non-hydrogen) atoms. The molecule has 2 fully saturated rings. The standard InChI is InChI=1S/C28H34F6N6O3/c1-6-20-12-21(16-40(20)25(42)43-26(2,3)4)39(23-35-13-22(14-36-23)38-8-7-37(5)24(38)41)15-17-9-18(27(29,30)31)11-19(10-17)28(32,33)34/h9-11,13-14,20-21H,6-8,12,15-16H2,1-5H3/t20?,21-/m0/s1. The maximum absolute atomic E-state index is 13.6. The van der Waals surface area contributed by atoms with E-state index >= 15 is 0 Å². The lowest BCUT2D eigenvalue weighted by atomic mass is 10.0. The molecular formula is C28H34F6N6O3. The Bertz CT molecular complexity index is 1300. The summed E-state index contributed by atoms with van der Waals surface area (Å²) in [5.41, 5.74) is -3.50. The molecule has 3 amide bonds. The number of ether oxygens (including phenoxy) is 1. The van der Waals surface area contributed by atoms with E-state index in [0.717, 1.165) is 0 Å². The Balaban J connectivity index is 1.73. The highest BCUT2D eigenvalue weighted by atomic mass is 19.4. The summed E-state index contributed by atoms with van der Waals surface area (Å²) in [7, 11) is 1.64. The van der Waals surface area contributed by atoms with E-state index in [1.165, 1.54) is 32.0 Å². The van der Waals surface area contributed by atoms with Gasteiger partial charge in [0, 0.05) is 39.3 Å². The number of amides is 3. The molecule has 0 spiro atoms. The molecule has 1 unspecified atom stereocenters. The van der Waals surface area contributed by atoms with Gasteiger partial charge in [-0.05, 0) is 57.4 Å². The molecular weight excluding hydrogens is 582 g/mol. The molecule has 4 rings (SSSR count). The maximum atomic E-state index is 13.6. The molecule has 0 saturated carbocycles. The number of likely N-dealkylation sites (tertiary alicyclic amines) is 1. The van der Waals surface area contributed by atoms with Gasteiger partial charge in [0.15, 0.2) is 0 Å². The largest absolute Gasteiger partial charge is 0.444 e. The van der Waals surface area contributed by atoms with Crippen molar-refractivity contribution in [3.05, 3.63) is 47.3 Å². The highest BCUT2D eigenvalue weighted by Gasteiger charge is 2.41. The van der Waals surface area contributed by atoms with Crippen LogP contribution in [0.25, 0.3) is 0 Å². The summed E-state index contributed by atoms with van der Waals surface area (Å²) in [6, 6.07) is 0.307. The monoisotopic (exact) mass is 616 g/mol.